The van der Waals surface area contributed by atoms with Crippen LogP contribution in [0, 0.1) is 0 Å². The standard InChI is InChI=1S/C16H25ClN2O/c1-2-18-12-14-15(17)8-4-9-16(14)19(10-5-11-20)13-6-3-7-13/h4,8-9,13,18,20H,2-3,5-7,10-12H2,1H3. The molecule has 0 saturated heterocycles. The van der Waals surface area contributed by atoms with Crippen LogP contribution in [0.2, 0.25) is 5.02 Å². The summed E-state index contributed by atoms with van der Waals surface area (Å²) in [7, 11) is 0. The highest BCUT2D eigenvalue weighted by Gasteiger charge is 2.26. The molecule has 1 fully saturated rings. The summed E-state index contributed by atoms with van der Waals surface area (Å²) in [6, 6.07) is 6.76. The van der Waals surface area contributed by atoms with Crippen molar-refractivity contribution in [3.8, 4) is 0 Å². The van der Waals surface area contributed by atoms with E-state index < -0.39 is 0 Å². The number of hydrogen-bond acceptors (Lipinski definition) is 3. The zero-order valence-corrected chi connectivity index (χ0v) is 13.0. The van der Waals surface area contributed by atoms with Crippen LogP contribution in [0.15, 0.2) is 18.2 Å². The molecule has 0 atom stereocenters. The highest BCUT2D eigenvalue weighted by atomic mass is 35.5. The van der Waals surface area contributed by atoms with Crippen LogP contribution in [0.25, 0.3) is 0 Å². The summed E-state index contributed by atoms with van der Waals surface area (Å²) in [6.07, 6.45) is 4.62. The first-order chi connectivity index (χ1) is 9.77. The minimum Gasteiger partial charge on any atom is -0.396 e. The Morgan fingerprint density at radius 2 is 2.20 bits per heavy atom. The minimum atomic E-state index is 0.242. The van der Waals surface area contributed by atoms with Crippen LogP contribution in [0.5, 0.6) is 0 Å². The van der Waals surface area contributed by atoms with E-state index in [2.05, 4.69) is 23.2 Å². The van der Waals surface area contributed by atoms with Crippen molar-refractivity contribution in [3.05, 3.63) is 28.8 Å². The summed E-state index contributed by atoms with van der Waals surface area (Å²) >= 11 is 6.39. The summed E-state index contributed by atoms with van der Waals surface area (Å²) in [6.45, 7) is 4.98. The van der Waals surface area contributed by atoms with Crippen molar-refractivity contribution in [2.45, 2.75) is 45.2 Å². The number of aliphatic hydroxyl groups is 1. The van der Waals surface area contributed by atoms with Crippen molar-refractivity contribution in [2.75, 3.05) is 24.6 Å². The maximum absolute atomic E-state index is 9.13. The molecule has 20 heavy (non-hydrogen) atoms. The molecule has 0 heterocycles. The van der Waals surface area contributed by atoms with Gasteiger partial charge in [-0.25, -0.2) is 0 Å². The normalized spacial score (nSPS) is 15.2. The fraction of sp³-hybridized carbons (Fsp3) is 0.625. The van der Waals surface area contributed by atoms with Gasteiger partial charge in [0.25, 0.3) is 0 Å². The molecule has 0 radical (unpaired) electrons. The summed E-state index contributed by atoms with van der Waals surface area (Å²) in [5.74, 6) is 0. The maximum Gasteiger partial charge on any atom is 0.0471 e. The monoisotopic (exact) mass is 296 g/mol. The third-order valence-corrected chi connectivity index (χ3v) is 4.38. The lowest BCUT2D eigenvalue weighted by Gasteiger charge is -2.40. The van der Waals surface area contributed by atoms with E-state index in [4.69, 9.17) is 16.7 Å². The van der Waals surface area contributed by atoms with Gasteiger partial charge in [0.1, 0.15) is 0 Å². The average Bonchev–Trinajstić information content (AvgIpc) is 2.40. The Kier molecular flexibility index (Phi) is 6.14. The first-order valence-corrected chi connectivity index (χ1v) is 8.01. The fourth-order valence-corrected chi connectivity index (χ4v) is 2.92. The van der Waals surface area contributed by atoms with Gasteiger partial charge in [-0.1, -0.05) is 24.6 Å². The van der Waals surface area contributed by atoms with E-state index in [9.17, 15) is 0 Å². The zero-order chi connectivity index (χ0) is 14.4. The number of nitrogens with zero attached hydrogens (tertiary/aromatic N) is 1. The van der Waals surface area contributed by atoms with Crippen LogP contribution < -0.4 is 10.2 Å². The first-order valence-electron chi connectivity index (χ1n) is 7.63. The average molecular weight is 297 g/mol. The fourth-order valence-electron chi connectivity index (χ4n) is 2.68. The van der Waals surface area contributed by atoms with Gasteiger partial charge in [0, 0.05) is 42.0 Å². The molecule has 0 aromatic heterocycles. The Bertz CT molecular complexity index is 421. The van der Waals surface area contributed by atoms with E-state index in [-0.39, 0.29) is 6.61 Å². The maximum atomic E-state index is 9.13. The lowest BCUT2D eigenvalue weighted by molar-refractivity contribution is 0.283. The number of nitrogens with one attached hydrogen (secondary N) is 1. The van der Waals surface area contributed by atoms with Gasteiger partial charge in [-0.15, -0.1) is 0 Å². The van der Waals surface area contributed by atoms with Crippen molar-refractivity contribution in [1.29, 1.82) is 0 Å². The smallest absolute Gasteiger partial charge is 0.0471 e. The molecule has 2 rings (SSSR count). The number of rotatable bonds is 8. The molecule has 1 aliphatic rings. The molecule has 0 bridgehead atoms. The van der Waals surface area contributed by atoms with E-state index >= 15 is 0 Å². The predicted molar refractivity (Wildman–Crippen MR) is 85.5 cm³/mol. The van der Waals surface area contributed by atoms with Crippen molar-refractivity contribution in [2.24, 2.45) is 0 Å². The molecular formula is C16H25ClN2O. The molecular weight excluding hydrogens is 272 g/mol. The topological polar surface area (TPSA) is 35.5 Å². The van der Waals surface area contributed by atoms with Crippen molar-refractivity contribution >= 4 is 17.3 Å². The Hall–Kier alpha value is -0.770. The molecule has 112 valence electrons. The molecule has 1 aromatic rings. The Morgan fingerprint density at radius 3 is 2.80 bits per heavy atom. The van der Waals surface area contributed by atoms with Crippen LogP contribution in [0.3, 0.4) is 0 Å². The van der Waals surface area contributed by atoms with E-state index in [0.29, 0.717) is 6.04 Å². The quantitative estimate of drug-likeness (QED) is 0.773. The van der Waals surface area contributed by atoms with Gasteiger partial charge >= 0.3 is 0 Å². The van der Waals surface area contributed by atoms with Gasteiger partial charge in [-0.2, -0.15) is 0 Å². The molecule has 0 unspecified atom stereocenters. The predicted octanol–water partition coefficient (Wildman–Crippen LogP) is 3.19. The molecule has 1 saturated carbocycles. The number of hydrogen-bond donors (Lipinski definition) is 2. The number of anilines is 1. The first kappa shape index (κ1) is 15.6. The molecule has 3 nitrogen and oxygen atoms in total. The molecule has 0 aliphatic heterocycles. The van der Waals surface area contributed by atoms with Crippen LogP contribution in [-0.4, -0.2) is 30.8 Å². The van der Waals surface area contributed by atoms with Crippen molar-refractivity contribution in [1.82, 2.24) is 5.32 Å². The Morgan fingerprint density at radius 1 is 1.40 bits per heavy atom. The molecule has 2 N–H and O–H groups in total. The van der Waals surface area contributed by atoms with Crippen molar-refractivity contribution in [3.63, 3.8) is 0 Å². The van der Waals surface area contributed by atoms with E-state index in [1.165, 1.54) is 30.5 Å². The van der Waals surface area contributed by atoms with Gasteiger partial charge in [0.2, 0.25) is 0 Å². The SMILES string of the molecule is CCNCc1c(Cl)cccc1N(CCCO)C1CCC1. The van der Waals surface area contributed by atoms with E-state index in [0.717, 1.165) is 31.1 Å². The second kappa shape index (κ2) is 7.87. The van der Waals surface area contributed by atoms with Crippen LogP contribution >= 0.6 is 11.6 Å². The molecule has 0 spiro atoms. The van der Waals surface area contributed by atoms with E-state index in [1.54, 1.807) is 0 Å². The van der Waals surface area contributed by atoms with Gasteiger partial charge < -0.3 is 15.3 Å². The molecule has 4 heteroatoms. The highest BCUT2D eigenvalue weighted by molar-refractivity contribution is 6.31. The van der Waals surface area contributed by atoms with Gasteiger partial charge in [0.15, 0.2) is 0 Å². The summed E-state index contributed by atoms with van der Waals surface area (Å²) in [5.41, 5.74) is 2.41. The molecule has 1 aromatic carbocycles. The molecule has 1 aliphatic carbocycles. The highest BCUT2D eigenvalue weighted by Crippen LogP contribution is 2.34. The Balaban J connectivity index is 2.23. The van der Waals surface area contributed by atoms with Crippen LogP contribution in [-0.2, 0) is 6.54 Å². The lowest BCUT2D eigenvalue weighted by Crippen LogP contribution is -2.42. The third-order valence-electron chi connectivity index (χ3n) is 4.03. The second-order valence-electron chi connectivity index (χ2n) is 5.37. The zero-order valence-electron chi connectivity index (χ0n) is 12.2. The van der Waals surface area contributed by atoms with Crippen molar-refractivity contribution < 1.29 is 5.11 Å². The third kappa shape index (κ3) is 3.66. The van der Waals surface area contributed by atoms with Gasteiger partial charge in [0.05, 0.1) is 0 Å². The minimum absolute atomic E-state index is 0.242. The van der Waals surface area contributed by atoms with Gasteiger partial charge in [-0.3, -0.25) is 0 Å². The number of benzene rings is 1. The van der Waals surface area contributed by atoms with E-state index in [1.807, 2.05) is 12.1 Å². The second-order valence-corrected chi connectivity index (χ2v) is 5.78. The largest absolute Gasteiger partial charge is 0.396 e. The van der Waals surface area contributed by atoms with Crippen LogP contribution in [0.4, 0.5) is 5.69 Å². The molecule has 0 amide bonds. The van der Waals surface area contributed by atoms with Gasteiger partial charge in [-0.05, 0) is 44.4 Å². The van der Waals surface area contributed by atoms with Crippen LogP contribution in [0.1, 0.15) is 38.2 Å². The summed E-state index contributed by atoms with van der Waals surface area (Å²) in [4.78, 5) is 2.44. The lowest BCUT2D eigenvalue weighted by atomic mass is 9.90. The summed E-state index contributed by atoms with van der Waals surface area (Å²) in [5, 5.41) is 13.3. The Labute approximate surface area is 126 Å². The summed E-state index contributed by atoms with van der Waals surface area (Å²) < 4.78 is 0. The number of aliphatic hydroxyl groups excluding tert-OH is 1. The number of halogens is 1.